The predicted octanol–water partition coefficient (Wildman–Crippen LogP) is 1.25. The Morgan fingerprint density at radius 1 is 1.44 bits per heavy atom. The summed E-state index contributed by atoms with van der Waals surface area (Å²) < 4.78 is 5.38. The molecule has 1 fully saturated rings. The molecule has 2 rings (SSSR count). The molecule has 1 heterocycles. The molecule has 86 valence electrons. The predicted molar refractivity (Wildman–Crippen MR) is 59.4 cm³/mol. The molecule has 16 heavy (non-hydrogen) atoms. The molecule has 1 unspecified atom stereocenters. The molecule has 1 N–H and O–H groups in total. The number of phenols is 1. The fraction of sp³-hybridized carbons (Fsp3) is 0.417. The number of carbonyl (C=O) groups excluding carboxylic acids is 1. The van der Waals surface area contributed by atoms with E-state index < -0.39 is 0 Å². The molecule has 1 amide bonds. The molecule has 0 aromatic heterocycles. The standard InChI is InChI=1S/C12H15NO3/c1-9-8-13(6-7-16-9)12(15)10-2-4-11(14)5-3-10/h2-5,9,14H,6-8H2,1H3. The zero-order valence-electron chi connectivity index (χ0n) is 9.22. The van der Waals surface area contributed by atoms with Gasteiger partial charge in [-0.25, -0.2) is 0 Å². The summed E-state index contributed by atoms with van der Waals surface area (Å²) in [7, 11) is 0. The van der Waals surface area contributed by atoms with Crippen LogP contribution in [0, 0.1) is 0 Å². The SMILES string of the molecule is CC1CN(C(=O)c2ccc(O)cc2)CCO1. The first-order valence-corrected chi connectivity index (χ1v) is 5.37. The average Bonchev–Trinajstić information content (AvgIpc) is 2.29. The highest BCUT2D eigenvalue weighted by molar-refractivity contribution is 5.94. The quantitative estimate of drug-likeness (QED) is 0.776. The number of carbonyl (C=O) groups is 1. The van der Waals surface area contributed by atoms with Gasteiger partial charge in [-0.1, -0.05) is 0 Å². The summed E-state index contributed by atoms with van der Waals surface area (Å²) in [5, 5.41) is 9.15. The minimum Gasteiger partial charge on any atom is -0.508 e. The van der Waals surface area contributed by atoms with E-state index >= 15 is 0 Å². The molecule has 1 aliphatic rings. The molecule has 0 aliphatic carbocycles. The molecular weight excluding hydrogens is 206 g/mol. The molecular formula is C12H15NO3. The van der Waals surface area contributed by atoms with E-state index in [0.717, 1.165) is 0 Å². The second kappa shape index (κ2) is 4.53. The molecule has 1 aliphatic heterocycles. The van der Waals surface area contributed by atoms with Crippen LogP contribution in [-0.2, 0) is 4.74 Å². The zero-order chi connectivity index (χ0) is 11.5. The van der Waals surface area contributed by atoms with Crippen LogP contribution in [0.1, 0.15) is 17.3 Å². The van der Waals surface area contributed by atoms with Gasteiger partial charge in [0.05, 0.1) is 12.7 Å². The molecule has 0 bridgehead atoms. The van der Waals surface area contributed by atoms with Gasteiger partial charge < -0.3 is 14.7 Å². The monoisotopic (exact) mass is 221 g/mol. The normalized spacial score (nSPS) is 20.8. The summed E-state index contributed by atoms with van der Waals surface area (Å²) in [5.41, 5.74) is 0.604. The van der Waals surface area contributed by atoms with Gasteiger partial charge in [-0.2, -0.15) is 0 Å². The average molecular weight is 221 g/mol. The summed E-state index contributed by atoms with van der Waals surface area (Å²) in [5.74, 6) is 0.169. The second-order valence-corrected chi connectivity index (χ2v) is 3.98. The smallest absolute Gasteiger partial charge is 0.254 e. The second-order valence-electron chi connectivity index (χ2n) is 3.98. The Morgan fingerprint density at radius 2 is 2.12 bits per heavy atom. The fourth-order valence-electron chi connectivity index (χ4n) is 1.79. The van der Waals surface area contributed by atoms with Gasteiger partial charge in [-0.3, -0.25) is 4.79 Å². The maximum atomic E-state index is 12.0. The van der Waals surface area contributed by atoms with E-state index in [4.69, 9.17) is 9.84 Å². The third kappa shape index (κ3) is 2.33. The topological polar surface area (TPSA) is 49.8 Å². The van der Waals surface area contributed by atoms with Gasteiger partial charge in [0, 0.05) is 18.7 Å². The summed E-state index contributed by atoms with van der Waals surface area (Å²) in [6.45, 7) is 3.80. The van der Waals surface area contributed by atoms with Crippen molar-refractivity contribution in [1.82, 2.24) is 4.90 Å². The van der Waals surface area contributed by atoms with Crippen LogP contribution in [0.25, 0.3) is 0 Å². The third-order valence-corrected chi connectivity index (χ3v) is 2.64. The lowest BCUT2D eigenvalue weighted by Gasteiger charge is -2.31. The van der Waals surface area contributed by atoms with Crippen LogP contribution in [0.3, 0.4) is 0 Å². The maximum absolute atomic E-state index is 12.0. The Balaban J connectivity index is 2.09. The van der Waals surface area contributed by atoms with E-state index in [1.165, 1.54) is 12.1 Å². The van der Waals surface area contributed by atoms with Crippen LogP contribution >= 0.6 is 0 Å². The van der Waals surface area contributed by atoms with Crippen molar-refractivity contribution < 1.29 is 14.6 Å². The maximum Gasteiger partial charge on any atom is 0.254 e. The first-order chi connectivity index (χ1) is 7.66. The summed E-state index contributed by atoms with van der Waals surface area (Å²) in [6, 6.07) is 6.32. The lowest BCUT2D eigenvalue weighted by atomic mass is 10.1. The lowest BCUT2D eigenvalue weighted by molar-refractivity contribution is -0.0124. The van der Waals surface area contributed by atoms with E-state index in [9.17, 15) is 4.79 Å². The van der Waals surface area contributed by atoms with Crippen molar-refractivity contribution in [2.24, 2.45) is 0 Å². The van der Waals surface area contributed by atoms with Crippen molar-refractivity contribution in [3.8, 4) is 5.75 Å². The summed E-state index contributed by atoms with van der Waals surface area (Å²) >= 11 is 0. The number of nitrogens with zero attached hydrogens (tertiary/aromatic N) is 1. The number of phenolic OH excluding ortho intramolecular Hbond substituents is 1. The van der Waals surface area contributed by atoms with Crippen molar-refractivity contribution >= 4 is 5.91 Å². The third-order valence-electron chi connectivity index (χ3n) is 2.64. The van der Waals surface area contributed by atoms with Gasteiger partial charge in [0.1, 0.15) is 5.75 Å². The van der Waals surface area contributed by atoms with Crippen LogP contribution in [-0.4, -0.2) is 41.7 Å². The lowest BCUT2D eigenvalue weighted by Crippen LogP contribution is -2.44. The first kappa shape index (κ1) is 11.0. The van der Waals surface area contributed by atoms with Crippen LogP contribution in [0.2, 0.25) is 0 Å². The molecule has 1 aromatic carbocycles. The molecule has 4 heteroatoms. The fourth-order valence-corrected chi connectivity index (χ4v) is 1.79. The highest BCUT2D eigenvalue weighted by Crippen LogP contribution is 2.13. The minimum absolute atomic E-state index is 0.00449. The van der Waals surface area contributed by atoms with Crippen molar-refractivity contribution in [3.63, 3.8) is 0 Å². The number of rotatable bonds is 1. The summed E-state index contributed by atoms with van der Waals surface area (Å²) in [6.07, 6.45) is 0.0924. The van der Waals surface area contributed by atoms with E-state index in [-0.39, 0.29) is 17.8 Å². The van der Waals surface area contributed by atoms with Gasteiger partial charge in [0.25, 0.3) is 5.91 Å². The molecule has 1 saturated heterocycles. The summed E-state index contributed by atoms with van der Waals surface area (Å²) in [4.78, 5) is 13.8. The van der Waals surface area contributed by atoms with Crippen molar-refractivity contribution in [2.75, 3.05) is 19.7 Å². The number of ether oxygens (including phenoxy) is 1. The highest BCUT2D eigenvalue weighted by Gasteiger charge is 2.22. The Labute approximate surface area is 94.4 Å². The Hall–Kier alpha value is -1.55. The van der Waals surface area contributed by atoms with Gasteiger partial charge in [0.15, 0.2) is 0 Å². The van der Waals surface area contributed by atoms with Gasteiger partial charge in [-0.05, 0) is 31.2 Å². The Kier molecular flexibility index (Phi) is 3.10. The van der Waals surface area contributed by atoms with Crippen LogP contribution in [0.15, 0.2) is 24.3 Å². The number of aromatic hydroxyl groups is 1. The number of amides is 1. The minimum atomic E-state index is -0.00449. The van der Waals surface area contributed by atoms with Gasteiger partial charge >= 0.3 is 0 Å². The highest BCUT2D eigenvalue weighted by atomic mass is 16.5. The van der Waals surface area contributed by atoms with E-state index in [1.807, 2.05) is 6.92 Å². The Morgan fingerprint density at radius 3 is 2.75 bits per heavy atom. The molecule has 1 aromatic rings. The molecule has 0 saturated carbocycles. The van der Waals surface area contributed by atoms with E-state index in [2.05, 4.69) is 0 Å². The zero-order valence-corrected chi connectivity index (χ0v) is 9.22. The molecule has 0 radical (unpaired) electrons. The number of hydrogen-bond acceptors (Lipinski definition) is 3. The number of benzene rings is 1. The number of morpholine rings is 1. The van der Waals surface area contributed by atoms with Crippen LogP contribution in [0.4, 0.5) is 0 Å². The van der Waals surface area contributed by atoms with Crippen LogP contribution < -0.4 is 0 Å². The van der Waals surface area contributed by atoms with E-state index in [1.54, 1.807) is 17.0 Å². The van der Waals surface area contributed by atoms with Crippen molar-refractivity contribution in [1.29, 1.82) is 0 Å². The van der Waals surface area contributed by atoms with Crippen molar-refractivity contribution in [2.45, 2.75) is 13.0 Å². The molecule has 1 atom stereocenters. The largest absolute Gasteiger partial charge is 0.508 e. The molecule has 0 spiro atoms. The molecule has 4 nitrogen and oxygen atoms in total. The van der Waals surface area contributed by atoms with Gasteiger partial charge in [-0.15, -0.1) is 0 Å². The number of hydrogen-bond donors (Lipinski definition) is 1. The van der Waals surface area contributed by atoms with Gasteiger partial charge in [0.2, 0.25) is 0 Å². The van der Waals surface area contributed by atoms with E-state index in [0.29, 0.717) is 25.3 Å². The first-order valence-electron chi connectivity index (χ1n) is 5.37. The van der Waals surface area contributed by atoms with Crippen molar-refractivity contribution in [3.05, 3.63) is 29.8 Å². The Bertz CT molecular complexity index is 374. The van der Waals surface area contributed by atoms with Crippen LogP contribution in [0.5, 0.6) is 5.75 Å².